The molecule has 0 aromatic heterocycles. The standard InChI is InChI=1S/C12H12ClNO3S/c13-7-3-4-8(12(16)17)9(6-7)14-11(15)10-2-1-5-18-10/h3-4,6,10H,1-2,5H2,(H,14,15)(H,16,17). The molecule has 6 heteroatoms. The number of thioether (sulfide) groups is 1. The third-order valence-electron chi connectivity index (χ3n) is 2.69. The number of benzene rings is 1. The van der Waals surface area contributed by atoms with E-state index in [4.69, 9.17) is 16.7 Å². The molecule has 1 heterocycles. The highest BCUT2D eigenvalue weighted by molar-refractivity contribution is 8.00. The molecule has 0 saturated carbocycles. The van der Waals surface area contributed by atoms with Crippen molar-refractivity contribution in [2.24, 2.45) is 0 Å². The van der Waals surface area contributed by atoms with E-state index >= 15 is 0 Å². The molecule has 96 valence electrons. The highest BCUT2D eigenvalue weighted by Gasteiger charge is 2.24. The van der Waals surface area contributed by atoms with Crippen LogP contribution in [0.4, 0.5) is 5.69 Å². The quantitative estimate of drug-likeness (QED) is 0.896. The molecule has 18 heavy (non-hydrogen) atoms. The fourth-order valence-corrected chi connectivity index (χ4v) is 3.14. The van der Waals surface area contributed by atoms with E-state index in [1.807, 2.05) is 0 Å². The van der Waals surface area contributed by atoms with Gasteiger partial charge in [-0.05, 0) is 36.8 Å². The van der Waals surface area contributed by atoms with Crippen LogP contribution in [0.1, 0.15) is 23.2 Å². The van der Waals surface area contributed by atoms with E-state index in [2.05, 4.69) is 5.32 Å². The lowest BCUT2D eigenvalue weighted by atomic mass is 10.1. The Morgan fingerprint density at radius 3 is 2.83 bits per heavy atom. The van der Waals surface area contributed by atoms with Crippen molar-refractivity contribution < 1.29 is 14.7 Å². The number of hydrogen-bond donors (Lipinski definition) is 2. The second-order valence-corrected chi connectivity index (χ2v) is 5.73. The smallest absolute Gasteiger partial charge is 0.337 e. The number of carboxylic acid groups (broad SMARTS) is 1. The van der Waals surface area contributed by atoms with Crippen LogP contribution in [0, 0.1) is 0 Å². The fraction of sp³-hybridized carbons (Fsp3) is 0.333. The van der Waals surface area contributed by atoms with E-state index in [-0.39, 0.29) is 22.4 Å². The first-order chi connectivity index (χ1) is 8.58. The van der Waals surface area contributed by atoms with Gasteiger partial charge in [-0.1, -0.05) is 11.6 Å². The Morgan fingerprint density at radius 2 is 2.22 bits per heavy atom. The summed E-state index contributed by atoms with van der Waals surface area (Å²) in [5, 5.41) is 12.0. The third-order valence-corrected chi connectivity index (χ3v) is 4.30. The summed E-state index contributed by atoms with van der Waals surface area (Å²) in [4.78, 5) is 23.0. The molecule has 4 nitrogen and oxygen atoms in total. The van der Waals surface area contributed by atoms with Gasteiger partial charge in [0.25, 0.3) is 0 Å². The summed E-state index contributed by atoms with van der Waals surface area (Å²) in [6.45, 7) is 0. The highest BCUT2D eigenvalue weighted by atomic mass is 35.5. The third kappa shape index (κ3) is 2.97. The van der Waals surface area contributed by atoms with Crippen molar-refractivity contribution in [2.45, 2.75) is 18.1 Å². The second-order valence-electron chi connectivity index (χ2n) is 3.99. The van der Waals surface area contributed by atoms with Gasteiger partial charge in [-0.2, -0.15) is 0 Å². The van der Waals surface area contributed by atoms with E-state index in [1.165, 1.54) is 18.2 Å². The summed E-state index contributed by atoms with van der Waals surface area (Å²) in [7, 11) is 0. The van der Waals surface area contributed by atoms with Crippen molar-refractivity contribution in [1.82, 2.24) is 0 Å². The molecule has 1 unspecified atom stereocenters. The maximum atomic E-state index is 11.9. The number of halogens is 1. The minimum atomic E-state index is -1.08. The lowest BCUT2D eigenvalue weighted by molar-refractivity contribution is -0.115. The number of anilines is 1. The Kier molecular flexibility index (Phi) is 4.14. The van der Waals surface area contributed by atoms with E-state index in [9.17, 15) is 9.59 Å². The molecule has 0 spiro atoms. The molecule has 0 aliphatic carbocycles. The zero-order chi connectivity index (χ0) is 13.1. The first kappa shape index (κ1) is 13.2. The normalized spacial score (nSPS) is 18.6. The van der Waals surface area contributed by atoms with Crippen molar-refractivity contribution in [3.05, 3.63) is 28.8 Å². The Labute approximate surface area is 114 Å². The van der Waals surface area contributed by atoms with Crippen molar-refractivity contribution in [3.63, 3.8) is 0 Å². The van der Waals surface area contributed by atoms with Gasteiger partial charge in [0.1, 0.15) is 0 Å². The first-order valence-electron chi connectivity index (χ1n) is 5.53. The minimum absolute atomic E-state index is 0.0516. The van der Waals surface area contributed by atoms with Crippen molar-refractivity contribution in [3.8, 4) is 0 Å². The maximum Gasteiger partial charge on any atom is 0.337 e. The predicted octanol–water partition coefficient (Wildman–Crippen LogP) is 2.87. The summed E-state index contributed by atoms with van der Waals surface area (Å²) in [6.07, 6.45) is 1.85. The number of rotatable bonds is 3. The summed E-state index contributed by atoms with van der Waals surface area (Å²) in [5.41, 5.74) is 0.309. The molecule has 1 aliphatic rings. The SMILES string of the molecule is O=C(O)c1ccc(Cl)cc1NC(=O)C1CCCS1. The predicted molar refractivity (Wildman–Crippen MR) is 72.5 cm³/mol. The number of amides is 1. The fourth-order valence-electron chi connectivity index (χ4n) is 1.80. The van der Waals surface area contributed by atoms with Crippen LogP contribution in [0.15, 0.2) is 18.2 Å². The summed E-state index contributed by atoms with van der Waals surface area (Å²) in [5.74, 6) is -0.261. The molecular formula is C12H12ClNO3S. The van der Waals surface area contributed by atoms with Crippen LogP contribution in [-0.2, 0) is 4.79 Å². The molecule has 0 bridgehead atoms. The van der Waals surface area contributed by atoms with E-state index < -0.39 is 5.97 Å². The van der Waals surface area contributed by atoms with Crippen LogP contribution in [0.2, 0.25) is 5.02 Å². The summed E-state index contributed by atoms with van der Waals surface area (Å²) < 4.78 is 0. The lowest BCUT2D eigenvalue weighted by Gasteiger charge is -2.12. The highest BCUT2D eigenvalue weighted by Crippen LogP contribution is 2.28. The monoisotopic (exact) mass is 285 g/mol. The molecule has 1 atom stereocenters. The number of carboxylic acids is 1. The average molecular weight is 286 g/mol. The number of carbonyl (C=O) groups is 2. The van der Waals surface area contributed by atoms with Gasteiger partial charge in [0.2, 0.25) is 5.91 Å². The summed E-state index contributed by atoms with van der Waals surface area (Å²) >= 11 is 7.41. The van der Waals surface area contributed by atoms with Gasteiger partial charge in [-0.3, -0.25) is 4.79 Å². The molecular weight excluding hydrogens is 274 g/mol. The number of hydrogen-bond acceptors (Lipinski definition) is 3. The number of nitrogens with one attached hydrogen (secondary N) is 1. The van der Waals surface area contributed by atoms with Gasteiger partial charge in [-0.15, -0.1) is 11.8 Å². The van der Waals surface area contributed by atoms with Gasteiger partial charge >= 0.3 is 5.97 Å². The summed E-state index contributed by atoms with van der Waals surface area (Å²) in [6, 6.07) is 4.34. The van der Waals surface area contributed by atoms with Crippen LogP contribution >= 0.6 is 23.4 Å². The number of aromatic carboxylic acids is 1. The Hall–Kier alpha value is -1.20. The van der Waals surface area contributed by atoms with E-state index in [0.717, 1.165) is 18.6 Å². The average Bonchev–Trinajstić information content (AvgIpc) is 2.81. The molecule has 1 saturated heterocycles. The van der Waals surface area contributed by atoms with E-state index in [1.54, 1.807) is 11.8 Å². The molecule has 1 fully saturated rings. The van der Waals surface area contributed by atoms with Crippen LogP contribution in [0.5, 0.6) is 0 Å². The van der Waals surface area contributed by atoms with Gasteiger partial charge < -0.3 is 10.4 Å². The van der Waals surface area contributed by atoms with Gasteiger partial charge in [0.05, 0.1) is 16.5 Å². The van der Waals surface area contributed by atoms with Gasteiger partial charge in [-0.25, -0.2) is 4.79 Å². The van der Waals surface area contributed by atoms with Crippen molar-refractivity contribution in [1.29, 1.82) is 0 Å². The van der Waals surface area contributed by atoms with E-state index in [0.29, 0.717) is 5.02 Å². The molecule has 1 amide bonds. The lowest BCUT2D eigenvalue weighted by Crippen LogP contribution is -2.24. The van der Waals surface area contributed by atoms with Gasteiger partial charge in [0, 0.05) is 5.02 Å². The molecule has 1 aliphatic heterocycles. The molecule has 1 aromatic rings. The number of carbonyl (C=O) groups excluding carboxylic acids is 1. The zero-order valence-electron chi connectivity index (χ0n) is 9.48. The Bertz CT molecular complexity index is 486. The van der Waals surface area contributed by atoms with Gasteiger partial charge in [0.15, 0.2) is 0 Å². The van der Waals surface area contributed by atoms with Crippen LogP contribution in [0.25, 0.3) is 0 Å². The maximum absolute atomic E-state index is 11.9. The topological polar surface area (TPSA) is 66.4 Å². The molecule has 0 radical (unpaired) electrons. The van der Waals surface area contributed by atoms with Crippen LogP contribution in [-0.4, -0.2) is 28.0 Å². The van der Waals surface area contributed by atoms with Crippen molar-refractivity contribution in [2.75, 3.05) is 11.1 Å². The largest absolute Gasteiger partial charge is 0.478 e. The van der Waals surface area contributed by atoms with Crippen molar-refractivity contribution >= 4 is 40.9 Å². The minimum Gasteiger partial charge on any atom is -0.478 e. The van der Waals surface area contributed by atoms with Crippen LogP contribution in [0.3, 0.4) is 0 Å². The zero-order valence-corrected chi connectivity index (χ0v) is 11.1. The second kappa shape index (κ2) is 5.63. The first-order valence-corrected chi connectivity index (χ1v) is 6.96. The molecule has 2 N–H and O–H groups in total. The van der Waals surface area contributed by atoms with Crippen LogP contribution < -0.4 is 5.32 Å². The Morgan fingerprint density at radius 1 is 1.44 bits per heavy atom. The Balaban J connectivity index is 2.19. The molecule has 1 aromatic carbocycles. The molecule has 2 rings (SSSR count).